The van der Waals surface area contributed by atoms with Gasteiger partial charge >= 0.3 is 0 Å². The average molecular weight is 331 g/mol. The molecule has 1 amide bonds. The summed E-state index contributed by atoms with van der Waals surface area (Å²) in [6.45, 7) is 1.48. The number of carbonyl (C=O) groups excluding carboxylic acids is 1. The van der Waals surface area contributed by atoms with E-state index >= 15 is 0 Å². The molecule has 1 aromatic rings. The molecule has 0 radical (unpaired) electrons. The van der Waals surface area contributed by atoms with Crippen molar-refractivity contribution >= 4 is 28.5 Å². The van der Waals surface area contributed by atoms with Gasteiger partial charge in [-0.25, -0.2) is 0 Å². The Kier molecular flexibility index (Phi) is 4.04. The van der Waals surface area contributed by atoms with Gasteiger partial charge in [0.1, 0.15) is 5.75 Å². The number of rotatable bonds is 4. The summed E-state index contributed by atoms with van der Waals surface area (Å²) < 4.78 is 6.46. The molecule has 16 heavy (non-hydrogen) atoms. The first-order valence-corrected chi connectivity index (χ1v) is 6.93. The fourth-order valence-corrected chi connectivity index (χ4v) is 2.08. The quantitative estimate of drug-likeness (QED) is 0.522. The second-order valence-electron chi connectivity index (χ2n) is 3.72. The Morgan fingerprint density at radius 3 is 3.19 bits per heavy atom. The van der Waals surface area contributed by atoms with E-state index in [4.69, 9.17) is 4.74 Å². The van der Waals surface area contributed by atoms with Gasteiger partial charge in [-0.05, 0) is 30.2 Å². The van der Waals surface area contributed by atoms with Crippen molar-refractivity contribution in [3.05, 3.63) is 29.3 Å². The van der Waals surface area contributed by atoms with Crippen LogP contribution in [0.15, 0.2) is 18.2 Å². The van der Waals surface area contributed by atoms with Crippen LogP contribution in [-0.4, -0.2) is 23.5 Å². The highest BCUT2D eigenvalue weighted by Gasteiger charge is 2.14. The SMILES string of the molecule is O=C(NCCCI)c1ccc2c(c1)CCO2. The molecule has 0 aliphatic carbocycles. The molecule has 0 saturated carbocycles. The van der Waals surface area contributed by atoms with E-state index in [9.17, 15) is 4.79 Å². The highest BCUT2D eigenvalue weighted by Crippen LogP contribution is 2.25. The van der Waals surface area contributed by atoms with Gasteiger partial charge in [0.15, 0.2) is 0 Å². The third-order valence-corrected chi connectivity index (χ3v) is 3.31. The van der Waals surface area contributed by atoms with E-state index in [-0.39, 0.29) is 5.91 Å². The van der Waals surface area contributed by atoms with Crippen molar-refractivity contribution in [3.8, 4) is 5.75 Å². The summed E-state index contributed by atoms with van der Waals surface area (Å²) >= 11 is 2.30. The molecular formula is C12H14INO2. The Morgan fingerprint density at radius 2 is 2.38 bits per heavy atom. The van der Waals surface area contributed by atoms with Gasteiger partial charge in [-0.3, -0.25) is 4.79 Å². The molecule has 1 aliphatic rings. The van der Waals surface area contributed by atoms with Crippen LogP contribution in [0.2, 0.25) is 0 Å². The van der Waals surface area contributed by atoms with Crippen LogP contribution in [-0.2, 0) is 6.42 Å². The number of amides is 1. The number of halogens is 1. The third-order valence-electron chi connectivity index (χ3n) is 2.55. The van der Waals surface area contributed by atoms with Crippen molar-refractivity contribution in [1.29, 1.82) is 0 Å². The van der Waals surface area contributed by atoms with Gasteiger partial charge in [-0.2, -0.15) is 0 Å². The van der Waals surface area contributed by atoms with Crippen molar-refractivity contribution < 1.29 is 9.53 Å². The summed E-state index contributed by atoms with van der Waals surface area (Å²) in [6, 6.07) is 5.64. The first-order valence-electron chi connectivity index (χ1n) is 5.41. The van der Waals surface area contributed by atoms with Crippen LogP contribution in [0.5, 0.6) is 5.75 Å². The minimum absolute atomic E-state index is 0.0135. The van der Waals surface area contributed by atoms with Gasteiger partial charge < -0.3 is 10.1 Å². The largest absolute Gasteiger partial charge is 0.493 e. The first-order chi connectivity index (χ1) is 7.81. The molecule has 0 unspecified atom stereocenters. The number of carbonyl (C=O) groups is 1. The first kappa shape index (κ1) is 11.7. The molecule has 0 bridgehead atoms. The molecule has 1 aliphatic heterocycles. The maximum atomic E-state index is 11.8. The van der Waals surface area contributed by atoms with Crippen molar-refractivity contribution in [2.45, 2.75) is 12.8 Å². The summed E-state index contributed by atoms with van der Waals surface area (Å²) in [5, 5.41) is 2.91. The molecule has 2 rings (SSSR count). The van der Waals surface area contributed by atoms with E-state index in [1.54, 1.807) is 0 Å². The summed E-state index contributed by atoms with van der Waals surface area (Å²) in [5.41, 5.74) is 1.87. The molecular weight excluding hydrogens is 317 g/mol. The van der Waals surface area contributed by atoms with Crippen molar-refractivity contribution in [2.24, 2.45) is 0 Å². The highest BCUT2D eigenvalue weighted by molar-refractivity contribution is 14.1. The van der Waals surface area contributed by atoms with Crippen molar-refractivity contribution in [2.75, 3.05) is 17.6 Å². The molecule has 1 N–H and O–H groups in total. The number of fused-ring (bicyclic) bond motifs is 1. The Hall–Kier alpha value is -0.780. The van der Waals surface area contributed by atoms with E-state index in [0.717, 1.165) is 47.3 Å². The van der Waals surface area contributed by atoms with Crippen LogP contribution in [0.1, 0.15) is 22.3 Å². The molecule has 4 heteroatoms. The summed E-state index contributed by atoms with van der Waals surface area (Å²) in [4.78, 5) is 11.8. The van der Waals surface area contributed by atoms with Crippen LogP contribution in [0.25, 0.3) is 0 Å². The van der Waals surface area contributed by atoms with Crippen LogP contribution in [0.4, 0.5) is 0 Å². The van der Waals surface area contributed by atoms with Gasteiger partial charge in [0, 0.05) is 23.0 Å². The second kappa shape index (κ2) is 5.52. The summed E-state index contributed by atoms with van der Waals surface area (Å²) in [6.07, 6.45) is 1.92. The predicted octanol–water partition coefficient (Wildman–Crippen LogP) is 2.18. The lowest BCUT2D eigenvalue weighted by Crippen LogP contribution is -2.24. The predicted molar refractivity (Wildman–Crippen MR) is 71.5 cm³/mol. The fraction of sp³-hybridized carbons (Fsp3) is 0.417. The van der Waals surface area contributed by atoms with E-state index in [2.05, 4.69) is 27.9 Å². The standard InChI is InChI=1S/C12H14INO2/c13-5-1-6-14-12(15)10-2-3-11-9(8-10)4-7-16-11/h2-3,8H,1,4-7H2,(H,14,15). The fourth-order valence-electron chi connectivity index (χ4n) is 1.70. The van der Waals surface area contributed by atoms with E-state index < -0.39 is 0 Å². The number of benzene rings is 1. The van der Waals surface area contributed by atoms with E-state index in [1.165, 1.54) is 0 Å². The zero-order valence-electron chi connectivity index (χ0n) is 8.96. The molecule has 86 valence electrons. The van der Waals surface area contributed by atoms with Crippen molar-refractivity contribution in [1.82, 2.24) is 5.32 Å². The minimum atomic E-state index is 0.0135. The second-order valence-corrected chi connectivity index (χ2v) is 4.80. The van der Waals surface area contributed by atoms with Gasteiger partial charge in [-0.15, -0.1) is 0 Å². The van der Waals surface area contributed by atoms with Crippen LogP contribution in [0.3, 0.4) is 0 Å². The molecule has 1 heterocycles. The molecule has 3 nitrogen and oxygen atoms in total. The molecule has 0 fully saturated rings. The normalized spacial score (nSPS) is 13.1. The van der Waals surface area contributed by atoms with Gasteiger partial charge in [0.2, 0.25) is 0 Å². The number of nitrogens with one attached hydrogen (secondary N) is 1. The Labute approximate surface area is 109 Å². The van der Waals surface area contributed by atoms with Gasteiger partial charge in [0.25, 0.3) is 5.91 Å². The lowest BCUT2D eigenvalue weighted by atomic mass is 10.1. The summed E-state index contributed by atoms with van der Waals surface area (Å²) in [7, 11) is 0. The molecule has 1 aromatic carbocycles. The third kappa shape index (κ3) is 2.66. The molecule has 0 aromatic heterocycles. The van der Waals surface area contributed by atoms with E-state index in [1.807, 2.05) is 18.2 Å². The Bertz CT molecular complexity index is 393. The van der Waals surface area contributed by atoms with E-state index in [0.29, 0.717) is 0 Å². The average Bonchev–Trinajstić information content (AvgIpc) is 2.76. The Morgan fingerprint density at radius 1 is 1.50 bits per heavy atom. The van der Waals surface area contributed by atoms with Crippen LogP contribution >= 0.6 is 22.6 Å². The number of hydrogen-bond acceptors (Lipinski definition) is 2. The number of alkyl halides is 1. The highest BCUT2D eigenvalue weighted by atomic mass is 127. The van der Waals surface area contributed by atoms with Gasteiger partial charge in [-0.1, -0.05) is 22.6 Å². The molecule has 0 atom stereocenters. The Balaban J connectivity index is 2.01. The van der Waals surface area contributed by atoms with Crippen molar-refractivity contribution in [3.63, 3.8) is 0 Å². The summed E-state index contributed by atoms with van der Waals surface area (Å²) in [5.74, 6) is 0.934. The monoisotopic (exact) mass is 331 g/mol. The number of hydrogen-bond donors (Lipinski definition) is 1. The lowest BCUT2D eigenvalue weighted by molar-refractivity contribution is 0.0954. The lowest BCUT2D eigenvalue weighted by Gasteiger charge is -2.05. The molecule has 0 saturated heterocycles. The van der Waals surface area contributed by atoms with Crippen LogP contribution in [0, 0.1) is 0 Å². The molecule has 0 spiro atoms. The van der Waals surface area contributed by atoms with Crippen LogP contribution < -0.4 is 10.1 Å². The zero-order chi connectivity index (χ0) is 11.4. The maximum absolute atomic E-state index is 11.8. The minimum Gasteiger partial charge on any atom is -0.493 e. The maximum Gasteiger partial charge on any atom is 0.251 e. The van der Waals surface area contributed by atoms with Gasteiger partial charge in [0.05, 0.1) is 6.61 Å². The zero-order valence-corrected chi connectivity index (χ0v) is 11.1. The topological polar surface area (TPSA) is 38.3 Å². The smallest absolute Gasteiger partial charge is 0.251 e. The number of ether oxygens (including phenoxy) is 1.